The maximum Gasteiger partial charge on any atom is 0.410 e. The Morgan fingerprint density at radius 1 is 1.00 bits per heavy atom. The van der Waals surface area contributed by atoms with Crippen LogP contribution in [0.3, 0.4) is 0 Å². The summed E-state index contributed by atoms with van der Waals surface area (Å²) >= 11 is 0. The Hall–Kier alpha value is -5.52. The molecule has 1 fully saturated rings. The smallest absolute Gasteiger partial charge is 0.410 e. The molecule has 2 amide bonds. The van der Waals surface area contributed by atoms with Gasteiger partial charge >= 0.3 is 6.09 Å². The Bertz CT molecular complexity index is 1900. The first-order chi connectivity index (χ1) is 22.2. The van der Waals surface area contributed by atoms with Gasteiger partial charge in [-0.15, -0.1) is 5.10 Å². The molecule has 12 heteroatoms. The second kappa shape index (κ2) is 12.8. The number of carbonyl (C=O) groups excluding carboxylic acids is 2. The van der Waals surface area contributed by atoms with E-state index in [1.807, 2.05) is 30.4 Å². The zero-order chi connectivity index (χ0) is 32.3. The van der Waals surface area contributed by atoms with Gasteiger partial charge < -0.3 is 9.64 Å². The van der Waals surface area contributed by atoms with Crippen molar-refractivity contribution in [1.82, 2.24) is 34.8 Å². The molecule has 1 aliphatic rings. The molecule has 11 nitrogen and oxygen atoms in total. The summed E-state index contributed by atoms with van der Waals surface area (Å²) in [5.74, 6) is -0.980. The van der Waals surface area contributed by atoms with Crippen LogP contribution in [0.2, 0.25) is 0 Å². The van der Waals surface area contributed by atoms with Crippen LogP contribution in [0.4, 0.5) is 15.0 Å². The van der Waals surface area contributed by atoms with Crippen LogP contribution in [0.25, 0.3) is 29.0 Å². The second-order valence-corrected chi connectivity index (χ2v) is 12.0. The number of halogens is 1. The number of hydrogen-bond donors (Lipinski definition) is 0. The molecule has 0 aliphatic carbocycles. The number of carbonyl (C=O) groups is 2. The standard InChI is InChI=1S/C34H33FN8O3/c1-34(2,3)46-33(45)41-18-6-8-26(22-41)42(30-19-23(14-17-37-30)10-11-24-7-4-15-36-21-24)32(44)27-13-12-25(20-28(27)35)43-31-29(39-40-43)9-5-16-38-31/h4-5,7,9-17,19-21,26H,6,8,18,22H2,1-3H3/b11-10+/t26-/m1/s1. The first-order valence-electron chi connectivity index (χ1n) is 15.0. The summed E-state index contributed by atoms with van der Waals surface area (Å²) in [7, 11) is 0. The maximum absolute atomic E-state index is 15.9. The lowest BCUT2D eigenvalue weighted by molar-refractivity contribution is 0.0195. The van der Waals surface area contributed by atoms with E-state index in [9.17, 15) is 9.59 Å². The van der Waals surface area contributed by atoms with Gasteiger partial charge in [0.1, 0.15) is 22.8 Å². The third-order valence-electron chi connectivity index (χ3n) is 7.44. The number of nitrogens with zero attached hydrogens (tertiary/aromatic N) is 8. The van der Waals surface area contributed by atoms with Crippen molar-refractivity contribution < 1.29 is 18.7 Å². The highest BCUT2D eigenvalue weighted by molar-refractivity contribution is 6.06. The molecular formula is C34H33FN8O3. The zero-order valence-electron chi connectivity index (χ0n) is 25.7. The number of rotatable bonds is 6. The van der Waals surface area contributed by atoms with Gasteiger partial charge in [0.2, 0.25) is 0 Å². The number of benzene rings is 1. The van der Waals surface area contributed by atoms with E-state index >= 15 is 4.39 Å². The van der Waals surface area contributed by atoms with Crippen LogP contribution in [0.15, 0.2) is 79.4 Å². The fraction of sp³-hybridized carbons (Fsp3) is 0.265. The van der Waals surface area contributed by atoms with E-state index < -0.39 is 29.5 Å². The van der Waals surface area contributed by atoms with Crippen LogP contribution in [-0.4, -0.2) is 71.6 Å². The molecule has 1 saturated heterocycles. The molecule has 1 atom stereocenters. The van der Waals surface area contributed by atoms with Crippen molar-refractivity contribution >= 4 is 41.1 Å². The molecular weight excluding hydrogens is 587 g/mol. The lowest BCUT2D eigenvalue weighted by Crippen LogP contribution is -2.53. The second-order valence-electron chi connectivity index (χ2n) is 12.0. The molecule has 0 unspecified atom stereocenters. The Labute approximate surface area is 265 Å². The Balaban J connectivity index is 1.35. The van der Waals surface area contributed by atoms with Gasteiger partial charge in [0.25, 0.3) is 5.91 Å². The van der Waals surface area contributed by atoms with Gasteiger partial charge in [-0.05, 0) is 87.2 Å². The molecule has 0 spiro atoms. The minimum Gasteiger partial charge on any atom is -0.444 e. The molecule has 234 valence electrons. The summed E-state index contributed by atoms with van der Waals surface area (Å²) in [6.07, 6.45) is 11.2. The van der Waals surface area contributed by atoms with Gasteiger partial charge in [0, 0.05) is 43.9 Å². The molecule has 0 bridgehead atoms. The average molecular weight is 621 g/mol. The lowest BCUT2D eigenvalue weighted by atomic mass is 10.0. The monoisotopic (exact) mass is 620 g/mol. The van der Waals surface area contributed by atoms with Gasteiger partial charge in [-0.1, -0.05) is 23.4 Å². The van der Waals surface area contributed by atoms with E-state index in [4.69, 9.17) is 4.74 Å². The number of fused-ring (bicyclic) bond motifs is 1. The number of anilines is 1. The summed E-state index contributed by atoms with van der Waals surface area (Å²) in [6, 6.07) is 14.7. The van der Waals surface area contributed by atoms with E-state index in [1.165, 1.54) is 21.7 Å². The van der Waals surface area contributed by atoms with E-state index in [-0.39, 0.29) is 12.1 Å². The minimum absolute atomic E-state index is 0.145. The highest BCUT2D eigenvalue weighted by atomic mass is 19.1. The highest BCUT2D eigenvalue weighted by Crippen LogP contribution is 2.28. The van der Waals surface area contributed by atoms with E-state index in [1.54, 1.807) is 74.7 Å². The van der Waals surface area contributed by atoms with Gasteiger partial charge in [0.05, 0.1) is 17.3 Å². The fourth-order valence-electron chi connectivity index (χ4n) is 5.33. The molecule has 0 N–H and O–H groups in total. The average Bonchev–Trinajstić information content (AvgIpc) is 3.48. The van der Waals surface area contributed by atoms with Crippen molar-refractivity contribution in [2.24, 2.45) is 0 Å². The molecule has 4 aromatic heterocycles. The van der Waals surface area contributed by atoms with Crippen LogP contribution in [0.1, 0.15) is 55.1 Å². The number of piperidine rings is 1. The normalized spacial score (nSPS) is 15.3. The molecule has 46 heavy (non-hydrogen) atoms. The van der Waals surface area contributed by atoms with Crippen molar-refractivity contribution in [2.45, 2.75) is 45.3 Å². The Morgan fingerprint density at radius 3 is 2.61 bits per heavy atom. The first-order valence-corrected chi connectivity index (χ1v) is 15.0. The van der Waals surface area contributed by atoms with Crippen LogP contribution >= 0.6 is 0 Å². The van der Waals surface area contributed by atoms with Crippen molar-refractivity contribution in [3.63, 3.8) is 0 Å². The largest absolute Gasteiger partial charge is 0.444 e. The van der Waals surface area contributed by atoms with Crippen LogP contribution in [-0.2, 0) is 4.74 Å². The minimum atomic E-state index is -0.737. The fourth-order valence-corrected chi connectivity index (χ4v) is 5.33. The molecule has 5 aromatic rings. The van der Waals surface area contributed by atoms with Crippen LogP contribution in [0, 0.1) is 5.82 Å². The third-order valence-corrected chi connectivity index (χ3v) is 7.44. The van der Waals surface area contributed by atoms with Gasteiger partial charge in [-0.2, -0.15) is 4.68 Å². The number of hydrogen-bond acceptors (Lipinski definition) is 8. The van der Waals surface area contributed by atoms with Gasteiger partial charge in [0.15, 0.2) is 5.65 Å². The molecule has 5 heterocycles. The van der Waals surface area contributed by atoms with Crippen molar-refractivity contribution in [3.8, 4) is 5.69 Å². The quantitative estimate of drug-likeness (QED) is 0.228. The highest BCUT2D eigenvalue weighted by Gasteiger charge is 2.35. The van der Waals surface area contributed by atoms with Crippen LogP contribution < -0.4 is 4.90 Å². The number of pyridine rings is 3. The van der Waals surface area contributed by atoms with Crippen molar-refractivity contribution in [1.29, 1.82) is 0 Å². The summed E-state index contributed by atoms with van der Waals surface area (Å²) in [5.41, 5.74) is 2.27. The molecule has 1 aromatic carbocycles. The lowest BCUT2D eigenvalue weighted by Gasteiger charge is -2.39. The predicted octanol–water partition coefficient (Wildman–Crippen LogP) is 5.96. The topological polar surface area (TPSA) is 119 Å². The predicted molar refractivity (Wildman–Crippen MR) is 172 cm³/mol. The van der Waals surface area contributed by atoms with E-state index in [0.29, 0.717) is 42.1 Å². The Morgan fingerprint density at radius 2 is 1.83 bits per heavy atom. The van der Waals surface area contributed by atoms with E-state index in [0.717, 1.165) is 11.1 Å². The number of amides is 2. The maximum atomic E-state index is 15.9. The van der Waals surface area contributed by atoms with Crippen molar-refractivity contribution in [2.75, 3.05) is 18.0 Å². The summed E-state index contributed by atoms with van der Waals surface area (Å²) in [6.45, 7) is 6.11. The summed E-state index contributed by atoms with van der Waals surface area (Å²) in [4.78, 5) is 43.4. The molecule has 0 saturated carbocycles. The summed E-state index contributed by atoms with van der Waals surface area (Å²) in [5, 5.41) is 8.20. The SMILES string of the molecule is CC(C)(C)OC(=O)N1CCC[C@@H](N(C(=O)c2ccc(-n3nnc4cccnc43)cc2F)c2cc(/C=C/c3cccnc3)ccn2)C1. The van der Waals surface area contributed by atoms with Crippen molar-refractivity contribution in [3.05, 3.63) is 102 Å². The molecule has 6 rings (SSSR count). The number of likely N-dealkylation sites (tertiary alicyclic amines) is 1. The Kier molecular flexibility index (Phi) is 8.51. The van der Waals surface area contributed by atoms with E-state index in [2.05, 4.69) is 25.3 Å². The van der Waals surface area contributed by atoms with Gasteiger partial charge in [-0.25, -0.2) is 19.2 Å². The molecule has 0 radical (unpaired) electrons. The first kappa shape index (κ1) is 30.5. The third kappa shape index (κ3) is 6.75. The van der Waals surface area contributed by atoms with Gasteiger partial charge in [-0.3, -0.25) is 14.7 Å². The summed E-state index contributed by atoms with van der Waals surface area (Å²) < 4.78 is 22.9. The zero-order valence-corrected chi connectivity index (χ0v) is 25.7. The molecule has 1 aliphatic heterocycles. The number of ether oxygens (including phenoxy) is 1. The van der Waals surface area contributed by atoms with Crippen LogP contribution in [0.5, 0.6) is 0 Å². The number of aromatic nitrogens is 6.